The maximum Gasteiger partial charge on any atom is 0.249 e. The van der Waals surface area contributed by atoms with Gasteiger partial charge in [-0.3, -0.25) is 4.98 Å². The summed E-state index contributed by atoms with van der Waals surface area (Å²) in [4.78, 5) is 20.9. The van der Waals surface area contributed by atoms with E-state index in [0.717, 1.165) is 49.4 Å². The number of nitrogens with zero attached hydrogens (tertiary/aromatic N) is 6. The Bertz CT molecular complexity index is 990. The van der Waals surface area contributed by atoms with Gasteiger partial charge in [0.2, 0.25) is 5.89 Å². The monoisotopic (exact) mass is 378 g/mol. The molecule has 1 aliphatic heterocycles. The van der Waals surface area contributed by atoms with Gasteiger partial charge in [-0.05, 0) is 38.3 Å². The predicted octanol–water partition coefficient (Wildman–Crippen LogP) is 2.69. The van der Waals surface area contributed by atoms with Crippen molar-refractivity contribution in [1.82, 2.24) is 25.1 Å². The lowest BCUT2D eigenvalue weighted by Crippen LogP contribution is -2.27. The van der Waals surface area contributed by atoms with Gasteiger partial charge in [0.15, 0.2) is 11.6 Å². The second-order valence-corrected chi connectivity index (χ2v) is 7.31. The molecule has 8 nitrogen and oxygen atoms in total. The minimum Gasteiger partial charge on any atom is -0.380 e. The van der Waals surface area contributed by atoms with Crippen molar-refractivity contribution in [3.05, 3.63) is 47.4 Å². The van der Waals surface area contributed by atoms with Crippen LogP contribution in [0.1, 0.15) is 41.9 Å². The number of aromatic nitrogens is 5. The smallest absolute Gasteiger partial charge is 0.249 e. The molecule has 28 heavy (non-hydrogen) atoms. The number of hydrogen-bond acceptors (Lipinski definition) is 8. The van der Waals surface area contributed by atoms with E-state index >= 15 is 0 Å². The minimum atomic E-state index is -0.0534. The van der Waals surface area contributed by atoms with Crippen LogP contribution in [0.3, 0.4) is 0 Å². The molecular weight excluding hydrogens is 356 g/mol. The lowest BCUT2D eigenvalue weighted by molar-refractivity contribution is 0.117. The Morgan fingerprint density at radius 1 is 1.18 bits per heavy atom. The van der Waals surface area contributed by atoms with Crippen LogP contribution in [0.15, 0.2) is 28.9 Å². The fraction of sp³-hybridized carbons (Fsp3) is 0.450. The first-order chi connectivity index (χ1) is 13.7. The molecule has 2 atom stereocenters. The first-order valence-electron chi connectivity index (χ1n) is 9.63. The summed E-state index contributed by atoms with van der Waals surface area (Å²) in [6.07, 6.45) is 5.69. The highest BCUT2D eigenvalue weighted by Crippen LogP contribution is 2.40. The van der Waals surface area contributed by atoms with Gasteiger partial charge in [-0.2, -0.15) is 4.98 Å². The quantitative estimate of drug-likeness (QED) is 0.684. The fourth-order valence-electron chi connectivity index (χ4n) is 4.14. The highest BCUT2D eigenvalue weighted by atomic mass is 16.5. The summed E-state index contributed by atoms with van der Waals surface area (Å²) in [6.45, 7) is 2.56. The molecule has 4 heterocycles. The molecule has 3 aromatic heterocycles. The van der Waals surface area contributed by atoms with Crippen LogP contribution in [0.4, 0.5) is 5.82 Å². The van der Waals surface area contributed by atoms with Crippen molar-refractivity contribution in [2.45, 2.75) is 44.8 Å². The zero-order valence-electron chi connectivity index (χ0n) is 16.0. The van der Waals surface area contributed by atoms with Crippen molar-refractivity contribution >= 4 is 5.82 Å². The Kier molecular flexibility index (Phi) is 4.27. The van der Waals surface area contributed by atoms with Crippen molar-refractivity contribution in [3.63, 3.8) is 0 Å². The van der Waals surface area contributed by atoms with Crippen LogP contribution in [-0.2, 0) is 17.6 Å². The zero-order valence-corrected chi connectivity index (χ0v) is 16.0. The molecule has 1 saturated heterocycles. The van der Waals surface area contributed by atoms with Crippen LogP contribution < -0.4 is 4.90 Å². The number of hydrogen-bond donors (Lipinski definition) is 0. The molecule has 144 valence electrons. The van der Waals surface area contributed by atoms with E-state index in [1.165, 1.54) is 5.56 Å². The molecule has 5 rings (SSSR count). The maximum atomic E-state index is 5.67. The Hall–Kier alpha value is -2.87. The van der Waals surface area contributed by atoms with E-state index in [9.17, 15) is 0 Å². The molecule has 1 aliphatic carbocycles. The van der Waals surface area contributed by atoms with E-state index in [1.54, 1.807) is 13.3 Å². The molecule has 0 spiro atoms. The maximum absolute atomic E-state index is 5.67. The van der Waals surface area contributed by atoms with Gasteiger partial charge in [0.1, 0.15) is 17.6 Å². The third-order valence-electron chi connectivity index (χ3n) is 5.50. The van der Waals surface area contributed by atoms with Crippen molar-refractivity contribution in [1.29, 1.82) is 0 Å². The van der Waals surface area contributed by atoms with E-state index in [1.807, 2.05) is 25.1 Å². The van der Waals surface area contributed by atoms with Crippen LogP contribution in [0.25, 0.3) is 11.5 Å². The molecular formula is C20H22N6O2. The van der Waals surface area contributed by atoms with Gasteiger partial charge in [-0.15, -0.1) is 0 Å². The number of aryl methyl sites for hydroxylation is 2. The molecule has 0 saturated carbocycles. The second-order valence-electron chi connectivity index (χ2n) is 7.31. The van der Waals surface area contributed by atoms with Crippen molar-refractivity contribution in [2.75, 3.05) is 18.6 Å². The highest BCUT2D eigenvalue weighted by Gasteiger charge is 2.39. The van der Waals surface area contributed by atoms with E-state index in [2.05, 4.69) is 20.0 Å². The zero-order chi connectivity index (χ0) is 19.1. The van der Waals surface area contributed by atoms with Crippen LogP contribution >= 0.6 is 0 Å². The Morgan fingerprint density at radius 2 is 2.11 bits per heavy atom. The molecule has 2 unspecified atom stereocenters. The lowest BCUT2D eigenvalue weighted by atomic mass is 10.1. The molecule has 0 radical (unpaired) electrons. The average molecular weight is 378 g/mol. The number of methoxy groups -OCH3 is 1. The number of anilines is 1. The van der Waals surface area contributed by atoms with Gasteiger partial charge in [-0.1, -0.05) is 11.2 Å². The standard InChI is InChI=1S/C20H22N6O2/c1-12-22-20(28-25-12)17-10-13(27-2)11-26(17)19-14-6-5-8-15(14)23-18(24-19)16-7-3-4-9-21-16/h3-4,7,9,13,17H,5-6,8,10-11H2,1-2H3. The predicted molar refractivity (Wildman–Crippen MR) is 102 cm³/mol. The van der Waals surface area contributed by atoms with Gasteiger partial charge < -0.3 is 14.2 Å². The van der Waals surface area contributed by atoms with Crippen LogP contribution in [0.5, 0.6) is 0 Å². The minimum absolute atomic E-state index is 0.0534. The van der Waals surface area contributed by atoms with Gasteiger partial charge in [-0.25, -0.2) is 9.97 Å². The summed E-state index contributed by atoms with van der Waals surface area (Å²) < 4.78 is 11.2. The Balaban J connectivity index is 1.61. The number of rotatable bonds is 4. The molecule has 3 aromatic rings. The van der Waals surface area contributed by atoms with Gasteiger partial charge in [0.25, 0.3) is 0 Å². The van der Waals surface area contributed by atoms with Crippen LogP contribution in [0, 0.1) is 6.92 Å². The lowest BCUT2D eigenvalue weighted by Gasteiger charge is -2.25. The average Bonchev–Trinajstić information content (AvgIpc) is 3.46. The number of ether oxygens (including phenoxy) is 1. The SMILES string of the molecule is COC1CC(c2nc(C)no2)N(c2nc(-c3ccccn3)nc3c2CCC3)C1. The summed E-state index contributed by atoms with van der Waals surface area (Å²) in [6, 6.07) is 5.75. The molecule has 0 bridgehead atoms. The van der Waals surface area contributed by atoms with E-state index in [-0.39, 0.29) is 12.1 Å². The van der Waals surface area contributed by atoms with Crippen LogP contribution in [-0.4, -0.2) is 44.9 Å². The molecule has 2 aliphatic rings. The highest BCUT2D eigenvalue weighted by molar-refractivity contribution is 5.60. The van der Waals surface area contributed by atoms with E-state index < -0.39 is 0 Å². The summed E-state index contributed by atoms with van der Waals surface area (Å²) in [5.74, 6) is 2.86. The summed E-state index contributed by atoms with van der Waals surface area (Å²) in [5, 5.41) is 3.98. The first kappa shape index (κ1) is 17.2. The molecule has 0 N–H and O–H groups in total. The number of fused-ring (bicyclic) bond motifs is 1. The third-order valence-corrected chi connectivity index (χ3v) is 5.50. The Labute approximate surface area is 163 Å². The molecule has 1 fully saturated rings. The molecule has 8 heteroatoms. The van der Waals surface area contributed by atoms with Crippen molar-refractivity contribution < 1.29 is 9.26 Å². The van der Waals surface area contributed by atoms with Crippen LogP contribution in [0.2, 0.25) is 0 Å². The van der Waals surface area contributed by atoms with E-state index in [0.29, 0.717) is 17.5 Å². The topological polar surface area (TPSA) is 90.1 Å². The normalized spacial score (nSPS) is 21.3. The molecule has 0 amide bonds. The largest absolute Gasteiger partial charge is 0.380 e. The fourth-order valence-corrected chi connectivity index (χ4v) is 4.14. The third kappa shape index (κ3) is 2.93. The number of pyridine rings is 1. The summed E-state index contributed by atoms with van der Waals surface area (Å²) in [7, 11) is 1.74. The van der Waals surface area contributed by atoms with Gasteiger partial charge >= 0.3 is 0 Å². The molecule has 0 aromatic carbocycles. The van der Waals surface area contributed by atoms with Gasteiger partial charge in [0.05, 0.1) is 6.10 Å². The first-order valence-corrected chi connectivity index (χ1v) is 9.63. The second kappa shape index (κ2) is 6.94. The van der Waals surface area contributed by atoms with E-state index in [4.69, 9.17) is 19.2 Å². The van der Waals surface area contributed by atoms with Crippen molar-refractivity contribution in [3.8, 4) is 11.5 Å². The van der Waals surface area contributed by atoms with Crippen molar-refractivity contribution in [2.24, 2.45) is 0 Å². The Morgan fingerprint density at radius 3 is 2.86 bits per heavy atom. The van der Waals surface area contributed by atoms with Gasteiger partial charge in [0, 0.05) is 37.5 Å². The summed E-state index contributed by atoms with van der Waals surface area (Å²) >= 11 is 0. The summed E-state index contributed by atoms with van der Waals surface area (Å²) in [5.41, 5.74) is 3.12.